The first-order valence-electron chi connectivity index (χ1n) is 12.2. The Hall–Kier alpha value is -1.59. The fourth-order valence-electron chi connectivity index (χ4n) is 6.24. The summed E-state index contributed by atoms with van der Waals surface area (Å²) in [6.07, 6.45) is 10.5. The van der Waals surface area contributed by atoms with Gasteiger partial charge in [-0.25, -0.2) is 0 Å². The number of fused-ring (bicyclic) bond motifs is 1. The Morgan fingerprint density at radius 1 is 1.03 bits per heavy atom. The van der Waals surface area contributed by atoms with Gasteiger partial charge in [0.05, 0.1) is 0 Å². The molecule has 5 nitrogen and oxygen atoms in total. The van der Waals surface area contributed by atoms with Crippen LogP contribution in [0, 0.1) is 0 Å². The Morgan fingerprint density at radius 3 is 2.53 bits per heavy atom. The number of carbonyl (C=O) groups excluding carboxylic acids is 1. The maximum atomic E-state index is 13.3. The molecular weight excluding hydrogens is 374 g/mol. The molecule has 30 heavy (non-hydrogen) atoms. The molecule has 1 aromatic rings. The molecule has 3 aliphatic heterocycles. The zero-order chi connectivity index (χ0) is 20.4. The minimum atomic E-state index is -0.0930. The molecule has 5 rings (SSSR count). The molecule has 1 saturated carbocycles. The van der Waals surface area contributed by atoms with E-state index in [0.717, 1.165) is 70.3 Å². The van der Waals surface area contributed by atoms with Crippen molar-refractivity contribution in [1.82, 2.24) is 15.1 Å². The second-order valence-electron chi connectivity index (χ2n) is 9.89. The molecular formula is C25H37N3O2. The molecule has 1 aromatic carbocycles. The second-order valence-corrected chi connectivity index (χ2v) is 9.89. The largest absolute Gasteiger partial charge is 0.487 e. The maximum Gasteiger partial charge on any atom is 0.223 e. The van der Waals surface area contributed by atoms with Gasteiger partial charge < -0.3 is 15.0 Å². The highest BCUT2D eigenvalue weighted by Gasteiger charge is 2.42. The summed E-state index contributed by atoms with van der Waals surface area (Å²) in [6.45, 7) is 5.91. The minimum Gasteiger partial charge on any atom is -0.487 e. The number of piperazine rings is 1. The van der Waals surface area contributed by atoms with E-state index in [1.807, 2.05) is 0 Å². The Balaban J connectivity index is 1.23. The number of rotatable bonds is 3. The van der Waals surface area contributed by atoms with Gasteiger partial charge in [-0.05, 0) is 56.8 Å². The summed E-state index contributed by atoms with van der Waals surface area (Å²) < 4.78 is 6.53. The number of nitrogens with one attached hydrogen (secondary N) is 1. The van der Waals surface area contributed by atoms with Gasteiger partial charge in [0.25, 0.3) is 0 Å². The molecule has 1 unspecified atom stereocenters. The number of benzene rings is 1. The van der Waals surface area contributed by atoms with E-state index in [1.54, 1.807) is 0 Å². The highest BCUT2D eigenvalue weighted by molar-refractivity contribution is 5.77. The van der Waals surface area contributed by atoms with Gasteiger partial charge in [0, 0.05) is 44.6 Å². The Bertz CT molecular complexity index is 732. The number of hydrogen-bond donors (Lipinski definition) is 1. The molecule has 0 bridgehead atoms. The van der Waals surface area contributed by atoms with Crippen LogP contribution in [0.25, 0.3) is 0 Å². The van der Waals surface area contributed by atoms with Crippen LogP contribution in [0.4, 0.5) is 0 Å². The standard InChI is InChI=1S/C25H37N3O2/c29-24(28-16-14-27(15-17-28)21-6-2-1-3-7-21)18-20-19-25(10-12-26-13-11-25)30-23-9-5-4-8-22(20)23/h4-5,8-9,20-21,26H,1-3,6-7,10-19H2. The quantitative estimate of drug-likeness (QED) is 0.826. The average Bonchev–Trinajstić information content (AvgIpc) is 2.80. The molecule has 0 aromatic heterocycles. The Morgan fingerprint density at radius 2 is 1.77 bits per heavy atom. The lowest BCUT2D eigenvalue weighted by molar-refractivity contribution is -0.134. The summed E-state index contributed by atoms with van der Waals surface area (Å²) in [6, 6.07) is 9.17. The number of carbonyl (C=O) groups is 1. The lowest BCUT2D eigenvalue weighted by atomic mass is 9.76. The lowest BCUT2D eigenvalue weighted by Gasteiger charge is -2.45. The SMILES string of the molecule is O=C(CC1CC2(CCNCC2)Oc2ccccc21)N1CCN(C2CCCCC2)CC1. The molecule has 3 fully saturated rings. The maximum absolute atomic E-state index is 13.3. The molecule has 1 amide bonds. The number of hydrogen-bond acceptors (Lipinski definition) is 4. The first-order chi connectivity index (χ1) is 14.7. The van der Waals surface area contributed by atoms with Crippen LogP contribution >= 0.6 is 0 Å². The molecule has 0 radical (unpaired) electrons. The van der Waals surface area contributed by atoms with Crippen molar-refractivity contribution in [2.45, 2.75) is 75.3 Å². The first kappa shape index (κ1) is 20.3. The number of piperidine rings is 1. The first-order valence-corrected chi connectivity index (χ1v) is 12.2. The van der Waals surface area contributed by atoms with E-state index in [0.29, 0.717) is 12.3 Å². The molecule has 2 saturated heterocycles. The summed E-state index contributed by atoms with van der Waals surface area (Å²) in [5.74, 6) is 1.62. The van der Waals surface area contributed by atoms with Gasteiger partial charge in [-0.3, -0.25) is 9.69 Å². The molecule has 5 heteroatoms. The topological polar surface area (TPSA) is 44.8 Å². The summed E-state index contributed by atoms with van der Waals surface area (Å²) >= 11 is 0. The van der Waals surface area contributed by atoms with Crippen molar-refractivity contribution in [2.75, 3.05) is 39.3 Å². The fourth-order valence-corrected chi connectivity index (χ4v) is 6.24. The van der Waals surface area contributed by atoms with Gasteiger partial charge in [0.1, 0.15) is 11.4 Å². The third-order valence-corrected chi connectivity index (χ3v) is 8.00. The van der Waals surface area contributed by atoms with Crippen molar-refractivity contribution in [1.29, 1.82) is 0 Å². The van der Waals surface area contributed by atoms with Gasteiger partial charge in [-0.15, -0.1) is 0 Å². The predicted molar refractivity (Wildman–Crippen MR) is 119 cm³/mol. The van der Waals surface area contributed by atoms with E-state index in [4.69, 9.17) is 4.74 Å². The van der Waals surface area contributed by atoms with Crippen LogP contribution in [0.1, 0.15) is 69.3 Å². The Kier molecular flexibility index (Phi) is 6.01. The van der Waals surface area contributed by atoms with Gasteiger partial charge in [-0.1, -0.05) is 37.5 Å². The van der Waals surface area contributed by atoms with E-state index < -0.39 is 0 Å². The van der Waals surface area contributed by atoms with Crippen molar-refractivity contribution < 1.29 is 9.53 Å². The molecule has 4 aliphatic rings. The average molecular weight is 412 g/mol. The monoisotopic (exact) mass is 411 g/mol. The zero-order valence-electron chi connectivity index (χ0n) is 18.3. The number of ether oxygens (including phenoxy) is 1. The molecule has 3 heterocycles. The zero-order valence-corrected chi connectivity index (χ0v) is 18.3. The smallest absolute Gasteiger partial charge is 0.223 e. The molecule has 1 atom stereocenters. The van der Waals surface area contributed by atoms with Crippen LogP contribution in [0.15, 0.2) is 24.3 Å². The van der Waals surface area contributed by atoms with E-state index in [9.17, 15) is 4.79 Å². The highest BCUT2D eigenvalue weighted by atomic mass is 16.5. The van der Waals surface area contributed by atoms with Crippen molar-refractivity contribution in [2.24, 2.45) is 0 Å². The predicted octanol–water partition coefficient (Wildman–Crippen LogP) is 3.54. The minimum absolute atomic E-state index is 0.0930. The summed E-state index contributed by atoms with van der Waals surface area (Å²) in [5.41, 5.74) is 1.14. The third-order valence-electron chi connectivity index (χ3n) is 8.00. The Labute approximate surface area is 181 Å². The van der Waals surface area contributed by atoms with E-state index >= 15 is 0 Å². The van der Waals surface area contributed by atoms with Crippen LogP contribution in [0.2, 0.25) is 0 Å². The van der Waals surface area contributed by atoms with Crippen LogP contribution in [0.3, 0.4) is 0 Å². The summed E-state index contributed by atoms with van der Waals surface area (Å²) in [5, 5.41) is 3.46. The van der Waals surface area contributed by atoms with E-state index in [-0.39, 0.29) is 11.5 Å². The third kappa shape index (κ3) is 4.24. The van der Waals surface area contributed by atoms with Crippen LogP contribution < -0.4 is 10.1 Å². The van der Waals surface area contributed by atoms with Crippen LogP contribution in [-0.4, -0.2) is 66.6 Å². The summed E-state index contributed by atoms with van der Waals surface area (Å²) in [7, 11) is 0. The van der Waals surface area contributed by atoms with Crippen molar-refractivity contribution in [3.63, 3.8) is 0 Å². The van der Waals surface area contributed by atoms with Crippen molar-refractivity contribution in [3.8, 4) is 5.75 Å². The van der Waals surface area contributed by atoms with Gasteiger partial charge in [-0.2, -0.15) is 0 Å². The molecule has 1 N–H and O–H groups in total. The fraction of sp³-hybridized carbons (Fsp3) is 0.720. The number of amides is 1. The molecule has 1 spiro atoms. The van der Waals surface area contributed by atoms with Crippen LogP contribution in [-0.2, 0) is 4.79 Å². The van der Waals surface area contributed by atoms with E-state index in [2.05, 4.69) is 39.4 Å². The van der Waals surface area contributed by atoms with E-state index in [1.165, 1.54) is 37.7 Å². The van der Waals surface area contributed by atoms with Crippen molar-refractivity contribution >= 4 is 5.91 Å². The van der Waals surface area contributed by atoms with Gasteiger partial charge >= 0.3 is 0 Å². The molecule has 1 aliphatic carbocycles. The van der Waals surface area contributed by atoms with Gasteiger partial charge in [0.15, 0.2) is 0 Å². The van der Waals surface area contributed by atoms with Crippen molar-refractivity contribution in [3.05, 3.63) is 29.8 Å². The molecule has 164 valence electrons. The normalized spacial score (nSPS) is 27.5. The summed E-state index contributed by atoms with van der Waals surface area (Å²) in [4.78, 5) is 18.1. The highest BCUT2D eigenvalue weighted by Crippen LogP contribution is 2.46. The number of nitrogens with zero attached hydrogens (tertiary/aromatic N) is 2. The second kappa shape index (κ2) is 8.88. The van der Waals surface area contributed by atoms with Crippen LogP contribution in [0.5, 0.6) is 5.75 Å². The lowest BCUT2D eigenvalue weighted by Crippen LogP contribution is -2.53. The number of para-hydroxylation sites is 1. The van der Waals surface area contributed by atoms with Gasteiger partial charge in [0.2, 0.25) is 5.91 Å².